The molecule has 16 heavy (non-hydrogen) atoms. The second-order valence-corrected chi connectivity index (χ2v) is 5.51. The molecule has 0 unspecified atom stereocenters. The molecule has 0 bridgehead atoms. The molecule has 1 aromatic rings. The van der Waals surface area contributed by atoms with Crippen molar-refractivity contribution >= 4 is 27.4 Å². The molecular weight excluding hydrogens is 266 g/mol. The molecule has 88 valence electrons. The molecule has 0 saturated heterocycles. The number of rotatable bonds is 3. The molecule has 2 N–H and O–H groups in total. The number of anilines is 2. The second-order valence-electron chi connectivity index (χ2n) is 4.60. The van der Waals surface area contributed by atoms with Gasteiger partial charge >= 0.3 is 0 Å². The first kappa shape index (κ1) is 11.7. The van der Waals surface area contributed by atoms with Gasteiger partial charge in [0.25, 0.3) is 0 Å². The zero-order chi connectivity index (χ0) is 11.5. The van der Waals surface area contributed by atoms with Gasteiger partial charge in [0, 0.05) is 24.3 Å². The minimum atomic E-state index is 0.745. The number of halogens is 1. The third-order valence-corrected chi connectivity index (χ3v) is 3.66. The lowest BCUT2D eigenvalue weighted by molar-refractivity contribution is 0.545. The highest BCUT2D eigenvalue weighted by molar-refractivity contribution is 9.10. The Morgan fingerprint density at radius 3 is 2.81 bits per heavy atom. The molecule has 0 aromatic carbocycles. The van der Waals surface area contributed by atoms with Crippen LogP contribution in [0.15, 0.2) is 16.7 Å². The van der Waals surface area contributed by atoms with Gasteiger partial charge in [0.1, 0.15) is 0 Å². The molecule has 0 amide bonds. The van der Waals surface area contributed by atoms with Crippen LogP contribution in [0.1, 0.15) is 25.7 Å². The van der Waals surface area contributed by atoms with Crippen molar-refractivity contribution in [2.75, 3.05) is 24.2 Å². The van der Waals surface area contributed by atoms with Gasteiger partial charge in [-0.3, -0.25) is 0 Å². The van der Waals surface area contributed by atoms with Gasteiger partial charge in [-0.2, -0.15) is 0 Å². The van der Waals surface area contributed by atoms with E-state index in [9.17, 15) is 0 Å². The highest BCUT2D eigenvalue weighted by Crippen LogP contribution is 2.28. The van der Waals surface area contributed by atoms with E-state index in [1.807, 2.05) is 6.07 Å². The third kappa shape index (κ3) is 2.67. The summed E-state index contributed by atoms with van der Waals surface area (Å²) in [5, 5.41) is 0. The van der Waals surface area contributed by atoms with Gasteiger partial charge < -0.3 is 10.6 Å². The quantitative estimate of drug-likeness (QED) is 0.927. The number of pyridine rings is 1. The van der Waals surface area contributed by atoms with E-state index in [4.69, 9.17) is 5.73 Å². The summed E-state index contributed by atoms with van der Waals surface area (Å²) >= 11 is 3.37. The van der Waals surface area contributed by atoms with Gasteiger partial charge in [0.15, 0.2) is 5.82 Å². The summed E-state index contributed by atoms with van der Waals surface area (Å²) < 4.78 is 0.933. The van der Waals surface area contributed by atoms with E-state index in [0.717, 1.165) is 28.4 Å². The maximum atomic E-state index is 5.96. The fourth-order valence-electron chi connectivity index (χ4n) is 2.43. The predicted octanol–water partition coefficient (Wildman–Crippen LogP) is 3.05. The molecule has 1 aromatic heterocycles. The Morgan fingerprint density at radius 2 is 2.19 bits per heavy atom. The lowest BCUT2D eigenvalue weighted by Gasteiger charge is -2.23. The summed E-state index contributed by atoms with van der Waals surface area (Å²) in [5.41, 5.74) is 6.71. The Morgan fingerprint density at radius 1 is 1.50 bits per heavy atom. The lowest BCUT2D eigenvalue weighted by Crippen LogP contribution is -2.25. The first-order chi connectivity index (χ1) is 7.66. The summed E-state index contributed by atoms with van der Waals surface area (Å²) in [5.74, 6) is 1.71. The van der Waals surface area contributed by atoms with E-state index >= 15 is 0 Å². The SMILES string of the molecule is CN(CC1CCCC1)c1ncc(Br)cc1N. The van der Waals surface area contributed by atoms with Crippen molar-refractivity contribution < 1.29 is 0 Å². The van der Waals surface area contributed by atoms with E-state index in [1.165, 1.54) is 25.7 Å². The molecule has 1 aliphatic carbocycles. The molecule has 0 spiro atoms. The third-order valence-electron chi connectivity index (χ3n) is 3.23. The molecule has 2 rings (SSSR count). The first-order valence-electron chi connectivity index (χ1n) is 5.79. The zero-order valence-electron chi connectivity index (χ0n) is 9.62. The maximum Gasteiger partial charge on any atom is 0.151 e. The van der Waals surface area contributed by atoms with E-state index in [0.29, 0.717) is 0 Å². The minimum absolute atomic E-state index is 0.745. The van der Waals surface area contributed by atoms with Crippen LogP contribution in [0.3, 0.4) is 0 Å². The molecule has 0 atom stereocenters. The summed E-state index contributed by atoms with van der Waals surface area (Å²) in [6.07, 6.45) is 7.25. The van der Waals surface area contributed by atoms with Crippen molar-refractivity contribution in [2.24, 2.45) is 5.92 Å². The van der Waals surface area contributed by atoms with Crippen molar-refractivity contribution in [3.05, 3.63) is 16.7 Å². The predicted molar refractivity (Wildman–Crippen MR) is 71.6 cm³/mol. The van der Waals surface area contributed by atoms with Crippen LogP contribution in [0.25, 0.3) is 0 Å². The standard InChI is InChI=1S/C12H18BrN3/c1-16(8-9-4-2-3-5-9)12-11(14)6-10(13)7-15-12/h6-7,9H,2-5,8,14H2,1H3. The van der Waals surface area contributed by atoms with Gasteiger partial charge in [-0.15, -0.1) is 0 Å². The van der Waals surface area contributed by atoms with Crippen molar-refractivity contribution in [1.29, 1.82) is 0 Å². The normalized spacial score (nSPS) is 16.6. The van der Waals surface area contributed by atoms with Crippen LogP contribution in [0.4, 0.5) is 11.5 Å². The fraction of sp³-hybridized carbons (Fsp3) is 0.583. The summed E-state index contributed by atoms with van der Waals surface area (Å²) in [7, 11) is 2.07. The van der Waals surface area contributed by atoms with Crippen molar-refractivity contribution in [2.45, 2.75) is 25.7 Å². The zero-order valence-corrected chi connectivity index (χ0v) is 11.2. The Kier molecular flexibility index (Phi) is 3.69. The van der Waals surface area contributed by atoms with Crippen LogP contribution >= 0.6 is 15.9 Å². The average molecular weight is 284 g/mol. The Hall–Kier alpha value is -0.770. The van der Waals surface area contributed by atoms with E-state index < -0.39 is 0 Å². The number of hydrogen-bond donors (Lipinski definition) is 1. The number of hydrogen-bond acceptors (Lipinski definition) is 3. The number of nitrogen functional groups attached to an aromatic ring is 1. The molecule has 1 saturated carbocycles. The lowest BCUT2D eigenvalue weighted by atomic mass is 10.1. The smallest absolute Gasteiger partial charge is 0.151 e. The average Bonchev–Trinajstić information content (AvgIpc) is 2.70. The molecule has 3 nitrogen and oxygen atoms in total. The Balaban J connectivity index is 2.04. The first-order valence-corrected chi connectivity index (χ1v) is 6.58. The molecule has 1 aliphatic rings. The van der Waals surface area contributed by atoms with Crippen molar-refractivity contribution in [3.8, 4) is 0 Å². The van der Waals surface area contributed by atoms with Crippen LogP contribution in [0.2, 0.25) is 0 Å². The number of aromatic nitrogens is 1. The molecule has 1 heterocycles. The van der Waals surface area contributed by atoms with E-state index in [-0.39, 0.29) is 0 Å². The van der Waals surface area contributed by atoms with Crippen LogP contribution in [-0.2, 0) is 0 Å². The highest BCUT2D eigenvalue weighted by Gasteiger charge is 2.18. The van der Waals surface area contributed by atoms with Gasteiger partial charge in [0.2, 0.25) is 0 Å². The fourth-order valence-corrected chi connectivity index (χ4v) is 2.78. The Labute approximate surface area is 105 Å². The van der Waals surface area contributed by atoms with Crippen LogP contribution in [0.5, 0.6) is 0 Å². The highest BCUT2D eigenvalue weighted by atomic mass is 79.9. The topological polar surface area (TPSA) is 42.2 Å². The van der Waals surface area contributed by atoms with Gasteiger partial charge in [-0.1, -0.05) is 12.8 Å². The van der Waals surface area contributed by atoms with Gasteiger partial charge in [-0.25, -0.2) is 4.98 Å². The maximum absolute atomic E-state index is 5.96. The summed E-state index contributed by atoms with van der Waals surface area (Å²) in [6.45, 7) is 1.07. The van der Waals surface area contributed by atoms with E-state index in [2.05, 4.69) is 32.9 Å². The van der Waals surface area contributed by atoms with Crippen LogP contribution in [0, 0.1) is 5.92 Å². The molecule has 0 aliphatic heterocycles. The minimum Gasteiger partial charge on any atom is -0.396 e. The number of nitrogens with zero attached hydrogens (tertiary/aromatic N) is 2. The summed E-state index contributed by atoms with van der Waals surface area (Å²) in [6, 6.07) is 1.91. The van der Waals surface area contributed by atoms with E-state index in [1.54, 1.807) is 6.20 Å². The molecular formula is C12H18BrN3. The van der Waals surface area contributed by atoms with Gasteiger partial charge in [-0.05, 0) is 40.8 Å². The van der Waals surface area contributed by atoms with Gasteiger partial charge in [0.05, 0.1) is 5.69 Å². The largest absolute Gasteiger partial charge is 0.396 e. The monoisotopic (exact) mass is 283 g/mol. The summed E-state index contributed by atoms with van der Waals surface area (Å²) in [4.78, 5) is 6.55. The molecule has 4 heteroatoms. The van der Waals surface area contributed by atoms with Crippen LogP contribution < -0.4 is 10.6 Å². The van der Waals surface area contributed by atoms with Crippen LogP contribution in [-0.4, -0.2) is 18.6 Å². The van der Waals surface area contributed by atoms with Crippen molar-refractivity contribution in [1.82, 2.24) is 4.98 Å². The number of nitrogens with two attached hydrogens (primary N) is 1. The molecule has 1 fully saturated rings. The molecule has 0 radical (unpaired) electrons. The Bertz CT molecular complexity index is 361. The van der Waals surface area contributed by atoms with Crippen molar-refractivity contribution in [3.63, 3.8) is 0 Å². The second kappa shape index (κ2) is 5.04.